The van der Waals surface area contributed by atoms with Crippen molar-refractivity contribution in [2.24, 2.45) is 0 Å². The smallest absolute Gasteiger partial charge is 0.164 e. The third-order valence-electron chi connectivity index (χ3n) is 2.20. The van der Waals surface area contributed by atoms with Gasteiger partial charge in [0.1, 0.15) is 5.76 Å². The van der Waals surface area contributed by atoms with E-state index in [4.69, 9.17) is 4.42 Å². The van der Waals surface area contributed by atoms with Crippen LogP contribution in [0.4, 0.5) is 0 Å². The zero-order valence-corrected chi connectivity index (χ0v) is 10.7. The lowest BCUT2D eigenvalue weighted by Crippen LogP contribution is -2.36. The predicted molar refractivity (Wildman–Crippen MR) is 64.0 cm³/mol. The zero-order chi connectivity index (χ0) is 10.6. The van der Waals surface area contributed by atoms with Crippen molar-refractivity contribution in [2.75, 3.05) is 6.54 Å². The highest BCUT2D eigenvalue weighted by molar-refractivity contribution is 14.1. The topological polar surface area (TPSA) is 45.4 Å². The first-order valence-corrected chi connectivity index (χ1v) is 5.79. The first kappa shape index (κ1) is 12.0. The van der Waals surface area contributed by atoms with Crippen molar-refractivity contribution < 1.29 is 9.52 Å². The van der Waals surface area contributed by atoms with Crippen molar-refractivity contribution in [3.63, 3.8) is 0 Å². The van der Waals surface area contributed by atoms with Crippen molar-refractivity contribution in [1.82, 2.24) is 5.32 Å². The van der Waals surface area contributed by atoms with Gasteiger partial charge in [-0.15, -0.1) is 0 Å². The summed E-state index contributed by atoms with van der Waals surface area (Å²) in [6, 6.07) is 3.87. The van der Waals surface area contributed by atoms with Crippen LogP contribution in [0, 0.1) is 3.77 Å². The standard InChI is InChI=1S/C10H16INO2/c1-3-10(2,13)7-12-6-8-4-5-9(11)14-8/h4-5,12-13H,3,6-7H2,1-2H3. The minimum Gasteiger partial charge on any atom is -0.454 e. The maximum absolute atomic E-state index is 9.71. The summed E-state index contributed by atoms with van der Waals surface area (Å²) in [6.07, 6.45) is 0.746. The fourth-order valence-electron chi connectivity index (χ4n) is 1.03. The van der Waals surface area contributed by atoms with E-state index in [1.807, 2.05) is 26.0 Å². The normalized spacial score (nSPS) is 15.4. The average Bonchev–Trinajstić information content (AvgIpc) is 2.51. The van der Waals surface area contributed by atoms with E-state index in [9.17, 15) is 5.11 Å². The molecule has 1 aromatic heterocycles. The van der Waals surface area contributed by atoms with Crippen molar-refractivity contribution in [2.45, 2.75) is 32.4 Å². The Labute approximate surface area is 98.0 Å². The summed E-state index contributed by atoms with van der Waals surface area (Å²) in [5.74, 6) is 0.904. The maximum Gasteiger partial charge on any atom is 0.164 e. The van der Waals surface area contributed by atoms with E-state index in [0.29, 0.717) is 13.1 Å². The minimum absolute atomic E-state index is 0.584. The summed E-state index contributed by atoms with van der Waals surface area (Å²) < 4.78 is 6.26. The number of rotatable bonds is 5. The van der Waals surface area contributed by atoms with E-state index in [1.165, 1.54) is 0 Å². The largest absolute Gasteiger partial charge is 0.454 e. The molecule has 2 N–H and O–H groups in total. The summed E-state index contributed by atoms with van der Waals surface area (Å²) in [7, 11) is 0. The Hall–Kier alpha value is -0.0700. The Balaban J connectivity index is 2.28. The maximum atomic E-state index is 9.71. The van der Waals surface area contributed by atoms with Gasteiger partial charge in [0.15, 0.2) is 3.77 Å². The molecule has 0 aliphatic heterocycles. The van der Waals surface area contributed by atoms with Gasteiger partial charge in [0.05, 0.1) is 12.1 Å². The fraction of sp³-hybridized carbons (Fsp3) is 0.600. The fourth-order valence-corrected chi connectivity index (χ4v) is 1.49. The van der Waals surface area contributed by atoms with Crippen LogP contribution in [0.2, 0.25) is 0 Å². The Kier molecular flexibility index (Phi) is 4.40. The van der Waals surface area contributed by atoms with Gasteiger partial charge in [-0.2, -0.15) is 0 Å². The van der Waals surface area contributed by atoms with Crippen molar-refractivity contribution in [1.29, 1.82) is 0 Å². The van der Waals surface area contributed by atoms with Crippen LogP contribution in [0.3, 0.4) is 0 Å². The second kappa shape index (κ2) is 5.14. The lowest BCUT2D eigenvalue weighted by atomic mass is 10.0. The first-order valence-electron chi connectivity index (χ1n) is 4.71. The number of furan rings is 1. The summed E-state index contributed by atoms with van der Waals surface area (Å²) in [6.45, 7) is 5.04. The summed E-state index contributed by atoms with van der Waals surface area (Å²) in [5, 5.41) is 12.9. The highest BCUT2D eigenvalue weighted by atomic mass is 127. The van der Waals surface area contributed by atoms with E-state index < -0.39 is 5.60 Å². The number of hydrogen-bond acceptors (Lipinski definition) is 3. The molecule has 0 saturated heterocycles. The molecule has 0 aromatic carbocycles. The SMILES string of the molecule is CCC(C)(O)CNCc1ccc(I)o1. The van der Waals surface area contributed by atoms with Crippen LogP contribution in [-0.2, 0) is 6.54 Å². The second-order valence-corrected chi connectivity index (χ2v) is 4.72. The highest BCUT2D eigenvalue weighted by Crippen LogP contribution is 2.10. The zero-order valence-electron chi connectivity index (χ0n) is 8.51. The van der Waals surface area contributed by atoms with Crippen LogP contribution in [0.1, 0.15) is 26.0 Å². The van der Waals surface area contributed by atoms with Crippen LogP contribution in [0.5, 0.6) is 0 Å². The molecule has 0 bridgehead atoms. The third kappa shape index (κ3) is 3.98. The van der Waals surface area contributed by atoms with Gasteiger partial charge >= 0.3 is 0 Å². The number of nitrogens with one attached hydrogen (secondary N) is 1. The molecule has 1 heterocycles. The van der Waals surface area contributed by atoms with Crippen LogP contribution in [-0.4, -0.2) is 17.3 Å². The van der Waals surface area contributed by atoms with E-state index in [0.717, 1.165) is 15.9 Å². The number of halogens is 1. The molecule has 14 heavy (non-hydrogen) atoms. The van der Waals surface area contributed by atoms with Crippen LogP contribution >= 0.6 is 22.6 Å². The molecule has 1 atom stereocenters. The lowest BCUT2D eigenvalue weighted by Gasteiger charge is -2.21. The van der Waals surface area contributed by atoms with Gasteiger partial charge in [-0.05, 0) is 48.1 Å². The molecule has 0 radical (unpaired) electrons. The quantitative estimate of drug-likeness (QED) is 0.819. The molecule has 0 fully saturated rings. The van der Waals surface area contributed by atoms with Gasteiger partial charge in [-0.25, -0.2) is 0 Å². The highest BCUT2D eigenvalue weighted by Gasteiger charge is 2.16. The van der Waals surface area contributed by atoms with Crippen LogP contribution < -0.4 is 5.32 Å². The molecule has 0 saturated carbocycles. The van der Waals surface area contributed by atoms with Gasteiger partial charge in [0, 0.05) is 6.54 Å². The van der Waals surface area contributed by atoms with Gasteiger partial charge in [0.2, 0.25) is 0 Å². The van der Waals surface area contributed by atoms with Crippen LogP contribution in [0.15, 0.2) is 16.5 Å². The molecule has 0 amide bonds. The molecule has 0 aliphatic carbocycles. The molecule has 3 nitrogen and oxygen atoms in total. The van der Waals surface area contributed by atoms with Gasteiger partial charge in [-0.1, -0.05) is 6.92 Å². The molecule has 1 aromatic rings. The van der Waals surface area contributed by atoms with Crippen molar-refractivity contribution in [3.05, 3.63) is 21.7 Å². The van der Waals surface area contributed by atoms with Gasteiger partial charge in [-0.3, -0.25) is 0 Å². The summed E-state index contributed by atoms with van der Waals surface area (Å²) >= 11 is 2.13. The molecular formula is C10H16INO2. The number of aliphatic hydroxyl groups is 1. The molecule has 1 unspecified atom stereocenters. The Morgan fingerprint density at radius 2 is 2.29 bits per heavy atom. The van der Waals surface area contributed by atoms with E-state index >= 15 is 0 Å². The van der Waals surface area contributed by atoms with E-state index in [-0.39, 0.29) is 0 Å². The second-order valence-electron chi connectivity index (χ2n) is 3.66. The predicted octanol–water partition coefficient (Wildman–Crippen LogP) is 2.13. The summed E-state index contributed by atoms with van der Waals surface area (Å²) in [5.41, 5.74) is -0.625. The Morgan fingerprint density at radius 1 is 1.57 bits per heavy atom. The Bertz CT molecular complexity index is 283. The van der Waals surface area contributed by atoms with Crippen molar-refractivity contribution >= 4 is 22.6 Å². The first-order chi connectivity index (χ1) is 6.53. The monoisotopic (exact) mass is 309 g/mol. The molecule has 0 aliphatic rings. The number of hydrogen-bond donors (Lipinski definition) is 2. The van der Waals surface area contributed by atoms with Crippen molar-refractivity contribution in [3.8, 4) is 0 Å². The van der Waals surface area contributed by atoms with E-state index in [1.54, 1.807) is 0 Å². The molecule has 1 rings (SSSR count). The average molecular weight is 309 g/mol. The third-order valence-corrected chi connectivity index (χ3v) is 2.78. The van der Waals surface area contributed by atoms with Gasteiger partial charge < -0.3 is 14.8 Å². The molecule has 80 valence electrons. The summed E-state index contributed by atoms with van der Waals surface area (Å²) in [4.78, 5) is 0. The molecule has 4 heteroatoms. The van der Waals surface area contributed by atoms with Crippen LogP contribution in [0.25, 0.3) is 0 Å². The van der Waals surface area contributed by atoms with E-state index in [2.05, 4.69) is 27.9 Å². The Morgan fingerprint density at radius 3 is 2.79 bits per heavy atom. The van der Waals surface area contributed by atoms with Gasteiger partial charge in [0.25, 0.3) is 0 Å². The molecular weight excluding hydrogens is 293 g/mol. The molecule has 0 spiro atoms. The lowest BCUT2D eigenvalue weighted by molar-refractivity contribution is 0.0551. The minimum atomic E-state index is -0.625.